The Morgan fingerprint density at radius 3 is 2.62 bits per heavy atom. The highest BCUT2D eigenvalue weighted by Gasteiger charge is 2.31. The number of aromatic nitrogens is 1. The van der Waals surface area contributed by atoms with Crippen LogP contribution in [0.3, 0.4) is 0 Å². The average Bonchev–Trinajstić information content (AvgIpc) is 2.91. The van der Waals surface area contributed by atoms with Crippen molar-refractivity contribution in [2.45, 2.75) is 17.6 Å². The highest BCUT2D eigenvalue weighted by Crippen LogP contribution is 2.33. The fourth-order valence-electron chi connectivity index (χ4n) is 2.35. The third-order valence-electron chi connectivity index (χ3n) is 3.61. The highest BCUT2D eigenvalue weighted by atomic mass is 35.6. The molecule has 0 aliphatic rings. The molecule has 0 saturated carbocycles. The molecule has 0 radical (unpaired) electrons. The number of halogens is 3. The van der Waals surface area contributed by atoms with Crippen LogP contribution in [-0.4, -0.2) is 14.7 Å². The molecule has 0 spiro atoms. The lowest BCUT2D eigenvalue weighted by Crippen LogP contribution is -2.27. The van der Waals surface area contributed by atoms with Gasteiger partial charge >= 0.3 is 0 Å². The third kappa shape index (κ3) is 3.36. The van der Waals surface area contributed by atoms with E-state index in [9.17, 15) is 4.79 Å². The second-order valence-electron chi connectivity index (χ2n) is 5.42. The molecule has 7 heteroatoms. The quantitative estimate of drug-likeness (QED) is 0.601. The largest absolute Gasteiger partial charge is 0.436 e. The van der Waals surface area contributed by atoms with Crippen molar-refractivity contribution >= 4 is 57.5 Å². The Labute approximate surface area is 153 Å². The van der Waals surface area contributed by atoms with Gasteiger partial charge in [-0.15, -0.1) is 0 Å². The van der Waals surface area contributed by atoms with Gasteiger partial charge < -0.3 is 9.73 Å². The maximum Gasteiger partial charge on any atom is 0.276 e. The third-order valence-corrected chi connectivity index (χ3v) is 4.13. The van der Waals surface area contributed by atoms with Gasteiger partial charge in [0.1, 0.15) is 5.52 Å². The smallest absolute Gasteiger partial charge is 0.276 e. The topological polar surface area (TPSA) is 55.1 Å². The number of benzene rings is 2. The number of aryl methyl sites for hydroxylation is 1. The van der Waals surface area contributed by atoms with Crippen molar-refractivity contribution in [3.8, 4) is 11.5 Å². The van der Waals surface area contributed by atoms with Crippen LogP contribution in [0.25, 0.3) is 22.6 Å². The fraction of sp³-hybridized carbons (Fsp3) is 0.176. The van der Waals surface area contributed by atoms with E-state index >= 15 is 0 Å². The number of oxazole rings is 1. The zero-order valence-electron chi connectivity index (χ0n) is 12.9. The van der Waals surface area contributed by atoms with Crippen LogP contribution in [0.4, 0.5) is 5.69 Å². The van der Waals surface area contributed by atoms with Crippen LogP contribution in [-0.2, 0) is 4.79 Å². The molecule has 1 amide bonds. The Kier molecular flexibility index (Phi) is 4.47. The van der Waals surface area contributed by atoms with Gasteiger partial charge in [0.15, 0.2) is 5.58 Å². The van der Waals surface area contributed by atoms with Crippen LogP contribution >= 0.6 is 34.8 Å². The Morgan fingerprint density at radius 2 is 1.92 bits per heavy atom. The summed E-state index contributed by atoms with van der Waals surface area (Å²) in [4.78, 5) is 16.4. The molecule has 2 aromatic carbocycles. The lowest BCUT2D eigenvalue weighted by atomic mass is 10.1. The summed E-state index contributed by atoms with van der Waals surface area (Å²) in [5.41, 5.74) is 4.63. The first-order valence-corrected chi connectivity index (χ1v) is 8.24. The van der Waals surface area contributed by atoms with Crippen LogP contribution < -0.4 is 5.32 Å². The minimum absolute atomic E-state index is 0.470. The monoisotopic (exact) mass is 382 g/mol. The second kappa shape index (κ2) is 6.28. The van der Waals surface area contributed by atoms with Crippen LogP contribution in [0, 0.1) is 13.8 Å². The molecule has 0 aliphatic carbocycles. The number of alkyl halides is 3. The molecular weight excluding hydrogens is 371 g/mol. The summed E-state index contributed by atoms with van der Waals surface area (Å²) in [5, 5.41) is 2.60. The van der Waals surface area contributed by atoms with Crippen molar-refractivity contribution in [1.29, 1.82) is 0 Å². The minimum atomic E-state index is -2.03. The van der Waals surface area contributed by atoms with Crippen molar-refractivity contribution in [1.82, 2.24) is 4.98 Å². The summed E-state index contributed by atoms with van der Waals surface area (Å²) in [5.74, 6) is -0.251. The van der Waals surface area contributed by atoms with E-state index in [2.05, 4.69) is 10.3 Å². The number of carbonyl (C=O) groups is 1. The number of rotatable bonds is 2. The predicted octanol–water partition coefficient (Wildman–Crippen LogP) is 5.42. The van der Waals surface area contributed by atoms with Gasteiger partial charge in [-0.1, -0.05) is 46.9 Å². The second-order valence-corrected chi connectivity index (χ2v) is 7.70. The molecule has 0 atom stereocenters. The van der Waals surface area contributed by atoms with Gasteiger partial charge in [-0.3, -0.25) is 4.79 Å². The molecule has 3 aromatic rings. The van der Waals surface area contributed by atoms with Crippen molar-refractivity contribution in [2.24, 2.45) is 0 Å². The molecule has 0 bridgehead atoms. The summed E-state index contributed by atoms with van der Waals surface area (Å²) in [6, 6.07) is 11.1. The standard InChI is InChI=1S/C17H13Cl3N2O2/c1-9-6-7-14-13(8-9)21-15(24-14)11-4-3-5-12(10(11)2)22-16(23)17(18,19)20/h3-8H,1-2H3,(H,22,23). The Balaban J connectivity index is 2.02. The highest BCUT2D eigenvalue weighted by molar-refractivity contribution is 6.76. The van der Waals surface area contributed by atoms with E-state index in [1.807, 2.05) is 38.1 Å². The molecule has 1 aromatic heterocycles. The van der Waals surface area contributed by atoms with Gasteiger partial charge in [0.25, 0.3) is 9.70 Å². The van der Waals surface area contributed by atoms with Gasteiger partial charge in [0.2, 0.25) is 5.89 Å². The number of fused-ring (bicyclic) bond motifs is 1. The fourth-order valence-corrected chi connectivity index (χ4v) is 2.49. The van der Waals surface area contributed by atoms with E-state index in [1.165, 1.54) is 0 Å². The maximum absolute atomic E-state index is 11.9. The summed E-state index contributed by atoms with van der Waals surface area (Å²) in [6.45, 7) is 3.83. The van der Waals surface area contributed by atoms with Crippen molar-refractivity contribution < 1.29 is 9.21 Å². The molecule has 0 unspecified atom stereocenters. The number of amides is 1. The number of hydrogen-bond acceptors (Lipinski definition) is 3. The van der Waals surface area contributed by atoms with Crippen molar-refractivity contribution in [2.75, 3.05) is 5.32 Å². The van der Waals surface area contributed by atoms with Crippen LogP contribution in [0.1, 0.15) is 11.1 Å². The number of anilines is 1. The number of nitrogens with one attached hydrogen (secondary N) is 1. The Bertz CT molecular complexity index is 929. The predicted molar refractivity (Wildman–Crippen MR) is 97.8 cm³/mol. The molecule has 3 rings (SSSR count). The van der Waals surface area contributed by atoms with Crippen molar-refractivity contribution in [3.63, 3.8) is 0 Å². The molecule has 0 fully saturated rings. The summed E-state index contributed by atoms with van der Waals surface area (Å²) in [7, 11) is 0. The van der Waals surface area contributed by atoms with E-state index in [1.54, 1.807) is 12.1 Å². The molecule has 4 nitrogen and oxygen atoms in total. The molecule has 1 heterocycles. The van der Waals surface area contributed by atoms with Gasteiger partial charge in [-0.05, 0) is 49.2 Å². The van der Waals surface area contributed by atoms with E-state index < -0.39 is 9.70 Å². The molecule has 24 heavy (non-hydrogen) atoms. The first kappa shape index (κ1) is 17.1. The zero-order valence-corrected chi connectivity index (χ0v) is 15.1. The number of hydrogen-bond donors (Lipinski definition) is 1. The summed E-state index contributed by atoms with van der Waals surface area (Å²) in [6.07, 6.45) is 0. The molecule has 0 aliphatic heterocycles. The van der Waals surface area contributed by atoms with E-state index in [0.29, 0.717) is 17.2 Å². The lowest BCUT2D eigenvalue weighted by molar-refractivity contribution is -0.115. The van der Waals surface area contributed by atoms with E-state index in [0.717, 1.165) is 22.2 Å². The van der Waals surface area contributed by atoms with Crippen molar-refractivity contribution in [3.05, 3.63) is 47.5 Å². The summed E-state index contributed by atoms with van der Waals surface area (Å²) >= 11 is 16.8. The van der Waals surface area contributed by atoms with Gasteiger partial charge in [0, 0.05) is 11.3 Å². The normalized spacial score (nSPS) is 11.7. The first-order valence-electron chi connectivity index (χ1n) is 7.11. The SMILES string of the molecule is Cc1ccc2oc(-c3cccc(NC(=O)C(Cl)(Cl)Cl)c3C)nc2c1. The zero-order chi connectivity index (χ0) is 17.5. The Morgan fingerprint density at radius 1 is 1.17 bits per heavy atom. The molecule has 1 N–H and O–H groups in total. The molecule has 0 saturated heterocycles. The minimum Gasteiger partial charge on any atom is -0.436 e. The van der Waals surface area contributed by atoms with Crippen LogP contribution in [0.5, 0.6) is 0 Å². The molecular formula is C17H13Cl3N2O2. The van der Waals surface area contributed by atoms with E-state index in [4.69, 9.17) is 39.2 Å². The molecule has 124 valence electrons. The maximum atomic E-state index is 11.9. The van der Waals surface area contributed by atoms with Gasteiger partial charge in [-0.2, -0.15) is 0 Å². The lowest BCUT2D eigenvalue weighted by Gasteiger charge is -2.14. The number of nitrogens with zero attached hydrogens (tertiary/aromatic N) is 1. The Hall–Kier alpha value is -1.75. The first-order chi connectivity index (χ1) is 11.3. The van der Waals surface area contributed by atoms with Gasteiger partial charge in [0.05, 0.1) is 0 Å². The average molecular weight is 384 g/mol. The van der Waals surface area contributed by atoms with Gasteiger partial charge in [-0.25, -0.2) is 4.98 Å². The summed E-state index contributed by atoms with van der Waals surface area (Å²) < 4.78 is 3.78. The van der Waals surface area contributed by atoms with Crippen LogP contribution in [0.15, 0.2) is 40.8 Å². The number of carbonyl (C=O) groups excluding carboxylic acids is 1. The van der Waals surface area contributed by atoms with E-state index in [-0.39, 0.29) is 0 Å². The van der Waals surface area contributed by atoms with Crippen LogP contribution in [0.2, 0.25) is 0 Å².